The summed E-state index contributed by atoms with van der Waals surface area (Å²) in [6.45, 7) is 3.60. The molecule has 2 aromatic carbocycles. The zero-order chi connectivity index (χ0) is 16.7. The van der Waals surface area contributed by atoms with Gasteiger partial charge in [0.15, 0.2) is 6.54 Å². The van der Waals surface area contributed by atoms with Crippen LogP contribution in [0.4, 0.5) is 5.69 Å². The van der Waals surface area contributed by atoms with Gasteiger partial charge in [0, 0.05) is 16.5 Å². The van der Waals surface area contributed by atoms with Gasteiger partial charge in [0.05, 0.1) is 6.54 Å². The van der Waals surface area contributed by atoms with E-state index in [1.165, 1.54) is 23.5 Å². The van der Waals surface area contributed by atoms with E-state index in [0.29, 0.717) is 6.54 Å². The third kappa shape index (κ3) is 3.29. The minimum absolute atomic E-state index is 0. The van der Waals surface area contributed by atoms with Gasteiger partial charge >= 0.3 is 0 Å². The molecule has 0 aromatic heterocycles. The van der Waals surface area contributed by atoms with Crippen molar-refractivity contribution in [2.24, 2.45) is 0 Å². The number of hydrogen-bond donors (Lipinski definition) is 1. The highest BCUT2D eigenvalue weighted by atomic mass is 79.9. The van der Waals surface area contributed by atoms with Crippen LogP contribution in [0, 0.1) is 6.92 Å². The molecule has 1 atom stereocenters. The molecule has 0 fully saturated rings. The summed E-state index contributed by atoms with van der Waals surface area (Å²) in [4.78, 5) is 2.30. The minimum atomic E-state index is -0.958. The van der Waals surface area contributed by atoms with Crippen molar-refractivity contribution in [3.05, 3.63) is 64.1 Å². The standard InChI is InChI=1S/C20H22BrN2O.BrH/c1-15-5-4-6-18(13-15)22-14-20(24,16-8-10-17(21)11-9-16)23-12-3-2-7-19(22)23;/h4-6,8-11,13,24H,2-3,7,12,14H2,1H3;1H/q+1;/p-1. The van der Waals surface area contributed by atoms with E-state index in [2.05, 4.69) is 56.6 Å². The molecule has 0 amide bonds. The van der Waals surface area contributed by atoms with Crippen molar-refractivity contribution in [3.8, 4) is 0 Å². The van der Waals surface area contributed by atoms with Crippen LogP contribution < -0.4 is 21.9 Å². The van der Waals surface area contributed by atoms with Crippen LogP contribution >= 0.6 is 15.9 Å². The second-order valence-electron chi connectivity index (χ2n) is 6.77. The number of rotatable bonds is 2. The van der Waals surface area contributed by atoms with Crippen LogP contribution in [-0.2, 0) is 5.72 Å². The van der Waals surface area contributed by atoms with Gasteiger partial charge < -0.3 is 22.1 Å². The molecule has 2 aliphatic rings. The summed E-state index contributed by atoms with van der Waals surface area (Å²) in [5.74, 6) is 1.25. The second-order valence-corrected chi connectivity index (χ2v) is 7.69. The van der Waals surface area contributed by atoms with Crippen LogP contribution in [0.3, 0.4) is 0 Å². The Balaban J connectivity index is 0.00000182. The molecule has 0 aliphatic carbocycles. The minimum Gasteiger partial charge on any atom is -1.00 e. The average molecular weight is 466 g/mol. The number of anilines is 1. The molecule has 2 aliphatic heterocycles. The molecule has 2 heterocycles. The van der Waals surface area contributed by atoms with Crippen molar-refractivity contribution < 1.29 is 26.7 Å². The maximum Gasteiger partial charge on any atom is 0.271 e. The number of amidine groups is 1. The predicted molar refractivity (Wildman–Crippen MR) is 101 cm³/mol. The van der Waals surface area contributed by atoms with E-state index in [1.807, 2.05) is 24.3 Å². The summed E-state index contributed by atoms with van der Waals surface area (Å²) in [7, 11) is 0. The summed E-state index contributed by atoms with van der Waals surface area (Å²) < 4.78 is 3.24. The highest BCUT2D eigenvalue weighted by molar-refractivity contribution is 9.10. The van der Waals surface area contributed by atoms with Gasteiger partial charge in [0.2, 0.25) is 0 Å². The molecule has 3 nitrogen and oxygen atoms in total. The fourth-order valence-corrected chi connectivity index (χ4v) is 4.16. The molecule has 25 heavy (non-hydrogen) atoms. The molecule has 132 valence electrons. The van der Waals surface area contributed by atoms with Gasteiger partial charge in [-0.2, -0.15) is 0 Å². The Labute approximate surface area is 167 Å². The number of nitrogens with zero attached hydrogens (tertiary/aromatic N) is 2. The van der Waals surface area contributed by atoms with Crippen molar-refractivity contribution in [2.75, 3.05) is 18.0 Å². The van der Waals surface area contributed by atoms with Crippen molar-refractivity contribution in [3.63, 3.8) is 0 Å². The predicted octanol–water partition coefficient (Wildman–Crippen LogP) is 1.02. The number of benzene rings is 2. The molecule has 4 rings (SSSR count). The lowest BCUT2D eigenvalue weighted by molar-refractivity contribution is -0.661. The zero-order valence-corrected chi connectivity index (χ0v) is 17.4. The van der Waals surface area contributed by atoms with Crippen LogP contribution in [0.1, 0.15) is 30.4 Å². The largest absolute Gasteiger partial charge is 1.00 e. The molecule has 0 spiro atoms. The van der Waals surface area contributed by atoms with Crippen LogP contribution in [0.2, 0.25) is 0 Å². The van der Waals surface area contributed by atoms with Crippen LogP contribution in [-0.4, -0.2) is 28.6 Å². The van der Waals surface area contributed by atoms with E-state index in [0.717, 1.165) is 29.4 Å². The number of β-amino-alcohol motifs (C(OH)–C–C–N with tert-alkyl or cyclic N) is 1. The smallest absolute Gasteiger partial charge is 0.271 e. The first-order valence-electron chi connectivity index (χ1n) is 8.54. The van der Waals surface area contributed by atoms with Crippen LogP contribution in [0.15, 0.2) is 53.0 Å². The summed E-state index contributed by atoms with van der Waals surface area (Å²) in [6.07, 6.45) is 3.33. The van der Waals surface area contributed by atoms with Gasteiger partial charge in [-0.15, -0.1) is 0 Å². The van der Waals surface area contributed by atoms with Crippen molar-refractivity contribution in [1.82, 2.24) is 0 Å². The van der Waals surface area contributed by atoms with Crippen molar-refractivity contribution >= 4 is 27.5 Å². The number of halogens is 2. The van der Waals surface area contributed by atoms with E-state index in [9.17, 15) is 5.11 Å². The maximum atomic E-state index is 11.6. The topological polar surface area (TPSA) is 26.5 Å². The lowest BCUT2D eigenvalue weighted by Crippen LogP contribution is -3.00. The first-order valence-corrected chi connectivity index (χ1v) is 9.33. The summed E-state index contributed by atoms with van der Waals surface area (Å²) in [6, 6.07) is 16.6. The Morgan fingerprint density at radius 1 is 1.12 bits per heavy atom. The number of aliphatic hydroxyl groups is 1. The Kier molecular flexibility index (Phi) is 5.37. The summed E-state index contributed by atoms with van der Waals surface area (Å²) >= 11 is 3.49. The van der Waals surface area contributed by atoms with E-state index in [-0.39, 0.29) is 17.0 Å². The van der Waals surface area contributed by atoms with Crippen LogP contribution in [0.25, 0.3) is 0 Å². The Morgan fingerprint density at radius 3 is 2.60 bits per heavy atom. The molecular weight excluding hydrogens is 444 g/mol. The fraction of sp³-hybridized carbons (Fsp3) is 0.350. The molecule has 0 saturated heterocycles. The van der Waals surface area contributed by atoms with E-state index >= 15 is 0 Å². The summed E-state index contributed by atoms with van der Waals surface area (Å²) in [5.41, 5.74) is 2.42. The molecule has 2 aromatic rings. The molecule has 0 saturated carbocycles. The average Bonchev–Trinajstić information content (AvgIpc) is 2.90. The first kappa shape index (κ1) is 18.6. The summed E-state index contributed by atoms with van der Waals surface area (Å²) in [5, 5.41) is 11.6. The van der Waals surface area contributed by atoms with Crippen molar-refractivity contribution in [1.29, 1.82) is 0 Å². The van der Waals surface area contributed by atoms with Gasteiger partial charge in [-0.3, -0.25) is 0 Å². The van der Waals surface area contributed by atoms with Gasteiger partial charge in [-0.1, -0.05) is 40.2 Å². The highest BCUT2D eigenvalue weighted by Crippen LogP contribution is 2.36. The lowest BCUT2D eigenvalue weighted by atomic mass is 10.0. The number of aryl methyl sites for hydroxylation is 1. The second kappa shape index (κ2) is 7.22. The maximum absolute atomic E-state index is 11.6. The third-order valence-electron chi connectivity index (χ3n) is 5.10. The van der Waals surface area contributed by atoms with E-state index in [1.54, 1.807) is 0 Å². The van der Waals surface area contributed by atoms with E-state index < -0.39 is 5.72 Å². The fourth-order valence-electron chi connectivity index (χ4n) is 3.89. The highest BCUT2D eigenvalue weighted by Gasteiger charge is 2.52. The third-order valence-corrected chi connectivity index (χ3v) is 5.63. The molecular formula is C20H22Br2N2O. The SMILES string of the molecule is Cc1cccc(N2CC(O)(c3ccc(Br)cc3)[N+]3=C2CCCC3)c1.[Br-]. The normalized spacial score (nSPS) is 22.6. The van der Waals surface area contributed by atoms with Gasteiger partial charge in [-0.05, 0) is 49.6 Å². The van der Waals surface area contributed by atoms with Crippen molar-refractivity contribution in [2.45, 2.75) is 31.9 Å². The molecule has 1 unspecified atom stereocenters. The Morgan fingerprint density at radius 2 is 1.88 bits per heavy atom. The zero-order valence-electron chi connectivity index (χ0n) is 14.3. The van der Waals surface area contributed by atoms with E-state index in [4.69, 9.17) is 0 Å². The van der Waals surface area contributed by atoms with Gasteiger partial charge in [0.25, 0.3) is 11.6 Å². The molecule has 0 radical (unpaired) electrons. The molecule has 5 heteroatoms. The molecule has 0 bridgehead atoms. The number of hydrogen-bond acceptors (Lipinski definition) is 2. The lowest BCUT2D eigenvalue weighted by Gasteiger charge is -2.24. The molecule has 1 N–H and O–H groups in total. The Hall–Kier alpha value is -1.17. The Bertz CT molecular complexity index is 804. The van der Waals surface area contributed by atoms with Crippen LogP contribution in [0.5, 0.6) is 0 Å². The quantitative estimate of drug-likeness (QED) is 0.670. The monoisotopic (exact) mass is 464 g/mol. The van der Waals surface area contributed by atoms with Gasteiger partial charge in [-0.25, -0.2) is 9.48 Å². The first-order chi connectivity index (χ1) is 11.6. The van der Waals surface area contributed by atoms with Gasteiger partial charge in [0.1, 0.15) is 5.69 Å².